The summed E-state index contributed by atoms with van der Waals surface area (Å²) in [7, 11) is 0. The largest absolute Gasteiger partial charge is 0.366 e. The Morgan fingerprint density at radius 2 is 2.14 bits per heavy atom. The van der Waals surface area contributed by atoms with Gasteiger partial charge in [-0.2, -0.15) is 10.2 Å². The molecule has 1 atom stereocenters. The highest BCUT2D eigenvalue weighted by atomic mass is 15.2. The van der Waals surface area contributed by atoms with Crippen LogP contribution in [0.15, 0.2) is 30.5 Å². The molecule has 0 amide bonds. The first-order valence-electron chi connectivity index (χ1n) is 7.96. The first-order chi connectivity index (χ1) is 10.3. The van der Waals surface area contributed by atoms with Crippen LogP contribution in [-0.2, 0) is 0 Å². The zero-order valence-corrected chi connectivity index (χ0v) is 12.9. The molecule has 4 nitrogen and oxygen atoms in total. The Hall–Kier alpha value is -1.68. The topological polar surface area (TPSA) is 41.0 Å². The third-order valence-electron chi connectivity index (χ3n) is 4.29. The summed E-state index contributed by atoms with van der Waals surface area (Å²) in [5, 5.41) is 13.3. The predicted molar refractivity (Wildman–Crippen MR) is 87.7 cm³/mol. The summed E-state index contributed by atoms with van der Waals surface area (Å²) in [5.41, 5.74) is 2.17. The third kappa shape index (κ3) is 3.16. The fourth-order valence-corrected chi connectivity index (χ4v) is 3.13. The summed E-state index contributed by atoms with van der Waals surface area (Å²) >= 11 is 0. The molecule has 2 aromatic rings. The molecule has 1 aromatic heterocycles. The van der Waals surface area contributed by atoms with Gasteiger partial charge in [-0.05, 0) is 39.3 Å². The van der Waals surface area contributed by atoms with E-state index < -0.39 is 0 Å². The minimum absolute atomic E-state index is 0.446. The summed E-state index contributed by atoms with van der Waals surface area (Å²) in [6, 6.07) is 9.29. The molecule has 0 aliphatic carbocycles. The molecule has 1 aliphatic rings. The molecular formula is C17H24N4. The smallest absolute Gasteiger partial charge is 0.0950 e. The molecule has 4 heteroatoms. The van der Waals surface area contributed by atoms with Gasteiger partial charge in [0.25, 0.3) is 0 Å². The van der Waals surface area contributed by atoms with Crippen molar-refractivity contribution in [2.24, 2.45) is 0 Å². The second kappa shape index (κ2) is 6.39. The van der Waals surface area contributed by atoms with Gasteiger partial charge < -0.3 is 10.2 Å². The van der Waals surface area contributed by atoms with Crippen molar-refractivity contribution in [3.8, 4) is 0 Å². The molecule has 1 aromatic carbocycles. The van der Waals surface area contributed by atoms with Gasteiger partial charge in [0.2, 0.25) is 0 Å². The molecule has 1 unspecified atom stereocenters. The van der Waals surface area contributed by atoms with Crippen LogP contribution in [0.3, 0.4) is 0 Å². The Labute approximate surface area is 126 Å². The molecule has 21 heavy (non-hydrogen) atoms. The van der Waals surface area contributed by atoms with Crippen molar-refractivity contribution < 1.29 is 0 Å². The van der Waals surface area contributed by atoms with Crippen LogP contribution in [-0.4, -0.2) is 35.4 Å². The molecule has 2 heterocycles. The Kier molecular flexibility index (Phi) is 4.34. The highest BCUT2D eigenvalue weighted by Gasteiger charge is 2.20. The second-order valence-electron chi connectivity index (χ2n) is 6.14. The van der Waals surface area contributed by atoms with Crippen LogP contribution < -0.4 is 10.2 Å². The summed E-state index contributed by atoms with van der Waals surface area (Å²) in [4.78, 5) is 2.46. The molecular weight excluding hydrogens is 260 g/mol. The molecule has 0 saturated carbocycles. The molecule has 0 bridgehead atoms. The third-order valence-corrected chi connectivity index (χ3v) is 4.29. The number of hydrogen-bond donors (Lipinski definition) is 1. The van der Waals surface area contributed by atoms with E-state index in [4.69, 9.17) is 0 Å². The zero-order chi connectivity index (χ0) is 14.7. The quantitative estimate of drug-likeness (QED) is 0.937. The number of rotatable bonds is 4. The number of fused-ring (bicyclic) bond motifs is 1. The van der Waals surface area contributed by atoms with Crippen LogP contribution >= 0.6 is 0 Å². The lowest BCUT2D eigenvalue weighted by Gasteiger charge is -2.35. The van der Waals surface area contributed by atoms with Crippen LogP contribution in [0, 0.1) is 0 Å². The number of nitrogens with one attached hydrogen (secondary N) is 1. The molecule has 1 fully saturated rings. The van der Waals surface area contributed by atoms with E-state index in [1.54, 1.807) is 0 Å². The van der Waals surface area contributed by atoms with Gasteiger partial charge in [0.15, 0.2) is 0 Å². The maximum atomic E-state index is 4.24. The van der Waals surface area contributed by atoms with Crippen LogP contribution in [0.1, 0.15) is 33.1 Å². The second-order valence-corrected chi connectivity index (χ2v) is 6.14. The van der Waals surface area contributed by atoms with Gasteiger partial charge in [-0.15, -0.1) is 0 Å². The van der Waals surface area contributed by atoms with E-state index in [2.05, 4.69) is 46.4 Å². The Morgan fingerprint density at radius 1 is 1.29 bits per heavy atom. The zero-order valence-electron chi connectivity index (χ0n) is 12.9. The first kappa shape index (κ1) is 14.3. The van der Waals surface area contributed by atoms with Crippen molar-refractivity contribution in [1.29, 1.82) is 0 Å². The van der Waals surface area contributed by atoms with Gasteiger partial charge in [0.05, 0.1) is 17.4 Å². The Balaban J connectivity index is 1.91. The lowest BCUT2D eigenvalue weighted by molar-refractivity contribution is 0.393. The molecule has 0 spiro atoms. The fourth-order valence-electron chi connectivity index (χ4n) is 3.13. The van der Waals surface area contributed by atoms with Crippen molar-refractivity contribution in [2.45, 2.75) is 45.2 Å². The molecule has 1 N–H and O–H groups in total. The van der Waals surface area contributed by atoms with Gasteiger partial charge in [-0.1, -0.05) is 24.6 Å². The number of hydrogen-bond acceptors (Lipinski definition) is 4. The number of anilines is 1. The van der Waals surface area contributed by atoms with E-state index in [0.29, 0.717) is 12.1 Å². The first-order valence-corrected chi connectivity index (χ1v) is 7.96. The van der Waals surface area contributed by atoms with E-state index in [1.165, 1.54) is 30.3 Å². The van der Waals surface area contributed by atoms with E-state index in [0.717, 1.165) is 18.6 Å². The van der Waals surface area contributed by atoms with Crippen LogP contribution in [0.25, 0.3) is 10.9 Å². The molecule has 1 saturated heterocycles. The summed E-state index contributed by atoms with van der Waals surface area (Å²) in [6.07, 6.45) is 5.81. The maximum Gasteiger partial charge on any atom is 0.0950 e. The molecule has 0 radical (unpaired) electrons. The monoisotopic (exact) mass is 284 g/mol. The average molecular weight is 284 g/mol. The summed E-state index contributed by atoms with van der Waals surface area (Å²) in [6.45, 7) is 6.68. The van der Waals surface area contributed by atoms with Crippen molar-refractivity contribution in [3.63, 3.8) is 0 Å². The fraction of sp³-hybridized carbons (Fsp3) is 0.529. The minimum atomic E-state index is 0.446. The van der Waals surface area contributed by atoms with Crippen molar-refractivity contribution in [1.82, 2.24) is 15.5 Å². The predicted octanol–water partition coefficient (Wildman–Crippen LogP) is 2.99. The van der Waals surface area contributed by atoms with Gasteiger partial charge in [-0.3, -0.25) is 0 Å². The van der Waals surface area contributed by atoms with Crippen LogP contribution in [0.5, 0.6) is 0 Å². The lowest BCUT2D eigenvalue weighted by Crippen LogP contribution is -2.46. The van der Waals surface area contributed by atoms with Crippen molar-refractivity contribution >= 4 is 16.6 Å². The normalized spacial score (nSPS) is 19.1. The van der Waals surface area contributed by atoms with Gasteiger partial charge in [0.1, 0.15) is 0 Å². The number of aromatic nitrogens is 2. The van der Waals surface area contributed by atoms with Crippen molar-refractivity contribution in [2.75, 3.05) is 18.0 Å². The molecule has 1 aliphatic heterocycles. The standard InChI is InChI=1S/C17H24N4/c1-13(2)21(12-14-7-5-6-10-18-14)17-11-19-20-16-9-4-3-8-15(16)17/h3-4,8-9,11,13-14,18H,5-7,10,12H2,1-2H3. The van der Waals surface area contributed by atoms with Crippen LogP contribution in [0.2, 0.25) is 0 Å². The lowest BCUT2D eigenvalue weighted by atomic mass is 10.0. The number of piperidine rings is 1. The number of benzene rings is 1. The van der Waals surface area contributed by atoms with Gasteiger partial charge in [0, 0.05) is 24.0 Å². The van der Waals surface area contributed by atoms with E-state index in [-0.39, 0.29) is 0 Å². The average Bonchev–Trinajstić information content (AvgIpc) is 2.53. The Bertz CT molecular complexity index is 585. The maximum absolute atomic E-state index is 4.24. The van der Waals surface area contributed by atoms with E-state index in [1.807, 2.05) is 18.3 Å². The summed E-state index contributed by atoms with van der Waals surface area (Å²) < 4.78 is 0. The summed E-state index contributed by atoms with van der Waals surface area (Å²) in [5.74, 6) is 0. The van der Waals surface area contributed by atoms with E-state index >= 15 is 0 Å². The van der Waals surface area contributed by atoms with Gasteiger partial charge in [-0.25, -0.2) is 0 Å². The number of nitrogens with zero attached hydrogens (tertiary/aromatic N) is 3. The molecule has 3 rings (SSSR count). The minimum Gasteiger partial charge on any atom is -0.366 e. The van der Waals surface area contributed by atoms with Gasteiger partial charge >= 0.3 is 0 Å². The van der Waals surface area contributed by atoms with Crippen LogP contribution in [0.4, 0.5) is 5.69 Å². The SMILES string of the molecule is CC(C)N(CC1CCCCN1)c1cnnc2ccccc12. The Morgan fingerprint density at radius 3 is 2.90 bits per heavy atom. The highest BCUT2D eigenvalue weighted by molar-refractivity contribution is 5.90. The van der Waals surface area contributed by atoms with E-state index in [9.17, 15) is 0 Å². The highest BCUT2D eigenvalue weighted by Crippen LogP contribution is 2.26. The molecule has 112 valence electrons. The van der Waals surface area contributed by atoms with Crippen molar-refractivity contribution in [3.05, 3.63) is 30.5 Å².